The van der Waals surface area contributed by atoms with Crippen molar-refractivity contribution in [3.05, 3.63) is 216 Å². The molecule has 5 aromatic carbocycles. The lowest BCUT2D eigenvalue weighted by atomic mass is 9.79. The lowest BCUT2D eigenvalue weighted by Gasteiger charge is -2.41. The molecule has 0 fully saturated rings. The zero-order valence-corrected chi connectivity index (χ0v) is 36.4. The Morgan fingerprint density at radius 3 is 1.92 bits per heavy atom. The van der Waals surface area contributed by atoms with Gasteiger partial charge in [-0.25, -0.2) is 15.0 Å². The van der Waals surface area contributed by atoms with E-state index in [-0.39, 0.29) is 11.5 Å². The van der Waals surface area contributed by atoms with E-state index in [9.17, 15) is 0 Å². The average molecular weight is 818 g/mol. The molecule has 4 aliphatic rings. The number of fused-ring (bicyclic) bond motifs is 4. The summed E-state index contributed by atoms with van der Waals surface area (Å²) in [7, 11) is 2.28. The van der Waals surface area contributed by atoms with Crippen LogP contribution in [0, 0.1) is 11.8 Å². The second-order valence-electron chi connectivity index (χ2n) is 18.1. The zero-order valence-electron chi connectivity index (χ0n) is 36.4. The molecule has 0 spiro atoms. The number of hydrogen-bond acceptors (Lipinski definition) is 4. The molecule has 7 aromatic rings. The maximum atomic E-state index is 5.32. The van der Waals surface area contributed by atoms with Crippen molar-refractivity contribution < 1.29 is 0 Å². The largest absolute Gasteiger partial charge is 0.363 e. The molecule has 4 unspecified atom stereocenters. The second kappa shape index (κ2) is 15.7. The highest BCUT2D eigenvalue weighted by Gasteiger charge is 2.41. The van der Waals surface area contributed by atoms with Gasteiger partial charge in [0.15, 0.2) is 11.6 Å². The Kier molecular flexibility index (Phi) is 9.64. The number of nitrogens with zero attached hydrogens (tertiary/aromatic N) is 5. The molecule has 63 heavy (non-hydrogen) atoms. The summed E-state index contributed by atoms with van der Waals surface area (Å²) >= 11 is 0. The van der Waals surface area contributed by atoms with Crippen LogP contribution in [0.2, 0.25) is 0 Å². The van der Waals surface area contributed by atoms with E-state index < -0.39 is 0 Å². The molecular formula is C58H51N5. The Morgan fingerprint density at radius 2 is 1.27 bits per heavy atom. The van der Waals surface area contributed by atoms with E-state index in [1.165, 1.54) is 45.0 Å². The summed E-state index contributed by atoms with van der Waals surface area (Å²) in [6, 6.07) is 48.0. The van der Waals surface area contributed by atoms with Crippen molar-refractivity contribution in [1.82, 2.24) is 24.4 Å². The second-order valence-corrected chi connectivity index (χ2v) is 18.1. The van der Waals surface area contributed by atoms with Crippen LogP contribution in [0.3, 0.4) is 0 Å². The van der Waals surface area contributed by atoms with Gasteiger partial charge in [-0.05, 0) is 102 Å². The van der Waals surface area contributed by atoms with Crippen LogP contribution < -0.4 is 0 Å². The van der Waals surface area contributed by atoms with Crippen molar-refractivity contribution in [2.75, 3.05) is 7.05 Å². The summed E-state index contributed by atoms with van der Waals surface area (Å²) in [6.07, 6.45) is 21.0. The molecule has 11 rings (SSSR count). The molecule has 5 heteroatoms. The average Bonchev–Trinajstić information content (AvgIpc) is 3.66. The van der Waals surface area contributed by atoms with Crippen LogP contribution in [0.15, 0.2) is 182 Å². The Labute approximate surface area is 371 Å². The topological polar surface area (TPSA) is 46.8 Å². The van der Waals surface area contributed by atoms with Gasteiger partial charge in [0.1, 0.15) is 5.82 Å². The monoisotopic (exact) mass is 817 g/mol. The highest BCUT2D eigenvalue weighted by atomic mass is 15.2. The van der Waals surface area contributed by atoms with Crippen LogP contribution in [0.5, 0.6) is 0 Å². The molecule has 0 bridgehead atoms. The first-order valence-corrected chi connectivity index (χ1v) is 22.5. The highest BCUT2D eigenvalue weighted by Crippen LogP contribution is 2.52. The fraction of sp³-hybridized carbons (Fsp3) is 0.190. The Bertz CT molecular complexity index is 2970. The van der Waals surface area contributed by atoms with E-state index in [2.05, 4.69) is 219 Å². The van der Waals surface area contributed by atoms with Gasteiger partial charge in [0.05, 0.1) is 11.7 Å². The summed E-state index contributed by atoms with van der Waals surface area (Å²) in [4.78, 5) is 18.4. The minimum Gasteiger partial charge on any atom is -0.363 e. The lowest BCUT2D eigenvalue weighted by Crippen LogP contribution is -2.32. The van der Waals surface area contributed by atoms with Gasteiger partial charge in [-0.3, -0.25) is 0 Å². The molecule has 0 radical (unpaired) electrons. The van der Waals surface area contributed by atoms with Gasteiger partial charge < -0.3 is 9.47 Å². The Balaban J connectivity index is 1.06. The van der Waals surface area contributed by atoms with Gasteiger partial charge >= 0.3 is 0 Å². The Hall–Kier alpha value is -7.11. The first-order valence-electron chi connectivity index (χ1n) is 22.5. The first kappa shape index (κ1) is 38.8. The summed E-state index contributed by atoms with van der Waals surface area (Å²) < 4.78 is 2.60. The van der Waals surface area contributed by atoms with Crippen LogP contribution in [0.4, 0.5) is 0 Å². The van der Waals surface area contributed by atoms with Crippen molar-refractivity contribution in [3.8, 4) is 50.7 Å². The minimum atomic E-state index is -0.381. The van der Waals surface area contributed by atoms with Gasteiger partial charge in [-0.1, -0.05) is 160 Å². The summed E-state index contributed by atoms with van der Waals surface area (Å²) in [5.41, 5.74) is 16.8. The van der Waals surface area contributed by atoms with Crippen LogP contribution in [0.25, 0.3) is 62.4 Å². The molecule has 0 amide bonds. The van der Waals surface area contributed by atoms with E-state index in [4.69, 9.17) is 15.0 Å². The van der Waals surface area contributed by atoms with E-state index in [1.807, 2.05) is 0 Å². The smallest absolute Gasteiger partial charge is 0.163 e. The molecule has 0 saturated heterocycles. The van der Waals surface area contributed by atoms with E-state index in [0.29, 0.717) is 23.5 Å². The fourth-order valence-electron chi connectivity index (χ4n) is 10.3. The molecule has 5 nitrogen and oxygen atoms in total. The quantitative estimate of drug-likeness (QED) is 0.161. The third-order valence-electron chi connectivity index (χ3n) is 13.6. The van der Waals surface area contributed by atoms with Crippen molar-refractivity contribution in [2.24, 2.45) is 11.8 Å². The third-order valence-corrected chi connectivity index (χ3v) is 13.6. The SMILES string of the molecule is CC1C=Cc2c3c(n(-c4ccccc4)c2C1)C1=C(C=CCC1C)N(C)C3c1ccc(-c2nc(-c3cc(-c4ccccc4)cc(-c4ccccc4)c3)nc(C3(C)C=CC=CC3)n2)cc1. The fourth-order valence-corrected chi connectivity index (χ4v) is 10.3. The van der Waals surface area contributed by atoms with Crippen molar-refractivity contribution in [1.29, 1.82) is 0 Å². The van der Waals surface area contributed by atoms with Gasteiger partial charge in [0.25, 0.3) is 0 Å². The molecule has 2 aromatic heterocycles. The van der Waals surface area contributed by atoms with Gasteiger partial charge in [-0.2, -0.15) is 0 Å². The number of likely N-dealkylation sites (N-methyl/N-ethyl adjacent to an activating group) is 1. The van der Waals surface area contributed by atoms with Crippen LogP contribution in [-0.4, -0.2) is 31.5 Å². The maximum Gasteiger partial charge on any atom is 0.163 e. The minimum absolute atomic E-state index is 0.0132. The molecule has 4 atom stereocenters. The predicted octanol–water partition coefficient (Wildman–Crippen LogP) is 13.7. The standard InChI is InChI=1S/C58H51N5/c1-38-26-31-48-50(34-38)63(47-23-13-7-14-24-47)54-51-39(2)18-17-25-49(51)62(4)53(52(48)54)42-27-29-43(30-28-42)55-59-56(61-57(60-55)58(3)32-15-8-16-33-58)46-36-44(40-19-9-5-10-20-40)35-45(37-46)41-21-11-6-12-22-41/h5-17,19-32,35-39,53H,18,33-34H2,1-4H3. The van der Waals surface area contributed by atoms with Gasteiger partial charge in [0.2, 0.25) is 0 Å². The number of rotatable bonds is 7. The normalized spacial score (nSPS) is 21.0. The van der Waals surface area contributed by atoms with E-state index in [1.54, 1.807) is 0 Å². The summed E-state index contributed by atoms with van der Waals surface area (Å²) in [6.45, 7) is 6.95. The maximum absolute atomic E-state index is 5.32. The number of allylic oxidation sites excluding steroid dienone is 8. The molecule has 1 aliphatic heterocycles. The Morgan fingerprint density at radius 1 is 0.635 bits per heavy atom. The van der Waals surface area contributed by atoms with E-state index in [0.717, 1.165) is 58.5 Å². The van der Waals surface area contributed by atoms with Gasteiger partial charge in [-0.15, -0.1) is 0 Å². The molecule has 308 valence electrons. The first-order chi connectivity index (χ1) is 30.8. The molecular weight excluding hydrogens is 767 g/mol. The van der Waals surface area contributed by atoms with Gasteiger partial charge in [0, 0.05) is 57.4 Å². The third kappa shape index (κ3) is 6.83. The van der Waals surface area contributed by atoms with Crippen molar-refractivity contribution >= 4 is 11.6 Å². The highest BCUT2D eigenvalue weighted by molar-refractivity contribution is 5.84. The molecule has 0 N–H and O–H groups in total. The number of benzene rings is 5. The predicted molar refractivity (Wildman–Crippen MR) is 259 cm³/mol. The van der Waals surface area contributed by atoms with Crippen LogP contribution >= 0.6 is 0 Å². The molecule has 3 aliphatic carbocycles. The number of aromatic nitrogens is 4. The van der Waals surface area contributed by atoms with Crippen molar-refractivity contribution in [3.63, 3.8) is 0 Å². The zero-order chi connectivity index (χ0) is 42.7. The van der Waals surface area contributed by atoms with Crippen molar-refractivity contribution in [2.45, 2.75) is 51.5 Å². The molecule has 3 heterocycles. The molecule has 0 saturated carbocycles. The lowest BCUT2D eigenvalue weighted by molar-refractivity contribution is 0.350. The number of hydrogen-bond donors (Lipinski definition) is 0. The number of para-hydroxylation sites is 1. The summed E-state index contributed by atoms with van der Waals surface area (Å²) in [5.74, 6) is 2.97. The summed E-state index contributed by atoms with van der Waals surface area (Å²) in [5, 5.41) is 0. The van der Waals surface area contributed by atoms with E-state index >= 15 is 0 Å². The van der Waals surface area contributed by atoms with Crippen LogP contribution in [0.1, 0.15) is 73.6 Å². The van der Waals surface area contributed by atoms with Crippen LogP contribution in [-0.2, 0) is 11.8 Å².